The minimum Gasteiger partial charge on any atom is -0.457 e. The first-order chi connectivity index (χ1) is 17.9. The summed E-state index contributed by atoms with van der Waals surface area (Å²) in [6.07, 6.45) is 4.26. The van der Waals surface area contributed by atoms with Gasteiger partial charge in [0.25, 0.3) is 0 Å². The highest BCUT2D eigenvalue weighted by atomic mass is 16.5. The average molecular weight is 505 g/mol. The number of carbonyl (C=O) groups is 3. The van der Waals surface area contributed by atoms with Crippen LogP contribution in [0.25, 0.3) is 0 Å². The second kappa shape index (κ2) is 10.9. The molecule has 8 nitrogen and oxygen atoms in total. The van der Waals surface area contributed by atoms with Gasteiger partial charge in [0, 0.05) is 26.2 Å². The van der Waals surface area contributed by atoms with E-state index in [0.29, 0.717) is 45.4 Å². The predicted octanol–water partition coefficient (Wildman–Crippen LogP) is 2.50. The largest absolute Gasteiger partial charge is 0.457 e. The van der Waals surface area contributed by atoms with Crippen LogP contribution in [0.15, 0.2) is 48.5 Å². The third-order valence-electron chi connectivity index (χ3n) is 8.02. The molecule has 1 unspecified atom stereocenters. The van der Waals surface area contributed by atoms with Crippen molar-refractivity contribution in [2.24, 2.45) is 17.1 Å². The lowest BCUT2D eigenvalue weighted by atomic mass is 9.72. The van der Waals surface area contributed by atoms with E-state index in [9.17, 15) is 14.4 Å². The van der Waals surface area contributed by atoms with Crippen LogP contribution in [-0.4, -0.2) is 66.8 Å². The molecule has 3 aliphatic rings. The highest BCUT2D eigenvalue weighted by Gasteiger charge is 2.43. The molecule has 3 amide bonds. The fraction of sp³-hybridized carbons (Fsp3) is 0.483. The van der Waals surface area contributed by atoms with E-state index >= 15 is 0 Å². The molecule has 0 saturated carbocycles. The highest BCUT2D eigenvalue weighted by Crippen LogP contribution is 2.38. The number of nitrogens with zero attached hydrogens (tertiary/aromatic N) is 2. The van der Waals surface area contributed by atoms with Gasteiger partial charge < -0.3 is 20.7 Å². The molecule has 3 heterocycles. The van der Waals surface area contributed by atoms with Gasteiger partial charge in [-0.3, -0.25) is 19.3 Å². The summed E-state index contributed by atoms with van der Waals surface area (Å²) in [5.74, 6) is 1.25. The van der Waals surface area contributed by atoms with E-state index in [0.717, 1.165) is 48.4 Å². The molecule has 2 saturated heterocycles. The van der Waals surface area contributed by atoms with Crippen molar-refractivity contribution in [2.75, 3.05) is 39.3 Å². The zero-order valence-corrected chi connectivity index (χ0v) is 21.3. The van der Waals surface area contributed by atoms with Gasteiger partial charge in [-0.15, -0.1) is 0 Å². The van der Waals surface area contributed by atoms with Gasteiger partial charge in [-0.05, 0) is 80.5 Å². The van der Waals surface area contributed by atoms with Crippen molar-refractivity contribution in [1.82, 2.24) is 15.1 Å². The number of likely N-dealkylation sites (tertiary alicyclic amines) is 2. The SMILES string of the molecule is NC(=O)CN1CCCC(C(=O)N2CCC3(CC2)Cc2cccc(c2)Oc2cccc(c2)CCNC3=O)C1. The van der Waals surface area contributed by atoms with Crippen molar-refractivity contribution in [3.05, 3.63) is 59.7 Å². The smallest absolute Gasteiger partial charge is 0.231 e. The molecule has 37 heavy (non-hydrogen) atoms. The Hall–Kier alpha value is -3.39. The molecule has 2 aromatic carbocycles. The summed E-state index contributed by atoms with van der Waals surface area (Å²) < 4.78 is 6.13. The van der Waals surface area contributed by atoms with Crippen LogP contribution in [0.2, 0.25) is 0 Å². The van der Waals surface area contributed by atoms with E-state index < -0.39 is 5.41 Å². The van der Waals surface area contributed by atoms with Crippen molar-refractivity contribution in [3.63, 3.8) is 0 Å². The Balaban J connectivity index is 1.30. The van der Waals surface area contributed by atoms with Gasteiger partial charge in [0.1, 0.15) is 11.5 Å². The molecule has 3 N–H and O–H groups in total. The molecular weight excluding hydrogens is 468 g/mol. The van der Waals surface area contributed by atoms with Gasteiger partial charge in [0.15, 0.2) is 0 Å². The number of benzene rings is 2. The number of piperidine rings is 2. The lowest BCUT2D eigenvalue weighted by Crippen LogP contribution is -2.54. The number of amides is 3. The first-order valence-corrected chi connectivity index (χ1v) is 13.3. The Morgan fingerprint density at radius 3 is 2.46 bits per heavy atom. The zero-order chi connectivity index (χ0) is 25.8. The van der Waals surface area contributed by atoms with Gasteiger partial charge in [-0.1, -0.05) is 24.3 Å². The lowest BCUT2D eigenvalue weighted by molar-refractivity contribution is -0.144. The van der Waals surface area contributed by atoms with Gasteiger partial charge >= 0.3 is 0 Å². The van der Waals surface area contributed by atoms with Crippen molar-refractivity contribution in [3.8, 4) is 11.5 Å². The molecule has 1 atom stereocenters. The third kappa shape index (κ3) is 5.96. The van der Waals surface area contributed by atoms with Crippen LogP contribution in [0.5, 0.6) is 11.5 Å². The van der Waals surface area contributed by atoms with E-state index in [4.69, 9.17) is 10.5 Å². The van der Waals surface area contributed by atoms with E-state index in [1.807, 2.05) is 58.3 Å². The standard InChI is InChI=1S/C29H36N4O4/c30-26(34)20-32-13-3-6-23(19-32)27(35)33-14-10-29(11-15-33)18-22-5-2-8-25(17-22)37-24-7-1-4-21(16-24)9-12-31-28(29)36/h1-2,4-5,7-8,16-17,23H,3,6,9-15,18-20H2,(H2,30,34)(H,31,36). The maximum absolute atomic E-state index is 13.6. The van der Waals surface area contributed by atoms with Crippen LogP contribution in [0.4, 0.5) is 0 Å². The predicted molar refractivity (Wildman–Crippen MR) is 140 cm³/mol. The van der Waals surface area contributed by atoms with Crippen molar-refractivity contribution in [1.29, 1.82) is 0 Å². The number of ether oxygens (including phenoxy) is 1. The molecule has 3 aliphatic heterocycles. The van der Waals surface area contributed by atoms with Crippen molar-refractivity contribution in [2.45, 2.75) is 38.5 Å². The first kappa shape index (κ1) is 25.3. The summed E-state index contributed by atoms with van der Waals surface area (Å²) in [6, 6.07) is 16.0. The molecule has 2 fully saturated rings. The summed E-state index contributed by atoms with van der Waals surface area (Å²) in [5.41, 5.74) is 6.96. The van der Waals surface area contributed by atoms with Gasteiger partial charge in [0.05, 0.1) is 17.9 Å². The van der Waals surface area contributed by atoms with Crippen LogP contribution < -0.4 is 15.8 Å². The van der Waals surface area contributed by atoms with Crippen LogP contribution in [-0.2, 0) is 27.2 Å². The van der Waals surface area contributed by atoms with Crippen LogP contribution in [0.3, 0.4) is 0 Å². The maximum atomic E-state index is 13.6. The number of fused-ring (bicyclic) bond motifs is 4. The normalized spacial score (nSPS) is 22.1. The van der Waals surface area contributed by atoms with E-state index in [2.05, 4.69) is 5.32 Å². The van der Waals surface area contributed by atoms with Crippen LogP contribution >= 0.6 is 0 Å². The molecule has 2 aromatic rings. The average Bonchev–Trinajstić information content (AvgIpc) is 2.89. The Morgan fingerprint density at radius 2 is 1.73 bits per heavy atom. The van der Waals surface area contributed by atoms with Crippen LogP contribution in [0, 0.1) is 11.3 Å². The molecule has 0 aliphatic carbocycles. The number of nitrogens with one attached hydrogen (secondary N) is 1. The van der Waals surface area contributed by atoms with E-state index in [-0.39, 0.29) is 30.2 Å². The maximum Gasteiger partial charge on any atom is 0.231 e. The lowest BCUT2D eigenvalue weighted by Gasteiger charge is -2.42. The fourth-order valence-corrected chi connectivity index (χ4v) is 6.04. The Kier molecular flexibility index (Phi) is 7.46. The summed E-state index contributed by atoms with van der Waals surface area (Å²) in [4.78, 5) is 42.3. The quantitative estimate of drug-likeness (QED) is 0.668. The monoisotopic (exact) mass is 504 g/mol. The van der Waals surface area contributed by atoms with Crippen molar-refractivity contribution < 1.29 is 19.1 Å². The number of hydrogen-bond donors (Lipinski definition) is 2. The summed E-state index contributed by atoms with van der Waals surface area (Å²) in [6.45, 7) is 3.22. The summed E-state index contributed by atoms with van der Waals surface area (Å²) in [5, 5.41) is 3.20. The number of primary amides is 1. The second-order valence-electron chi connectivity index (χ2n) is 10.7. The molecule has 1 spiro atoms. The van der Waals surface area contributed by atoms with Gasteiger partial charge in [0.2, 0.25) is 17.7 Å². The van der Waals surface area contributed by atoms with Gasteiger partial charge in [-0.25, -0.2) is 0 Å². The molecule has 0 radical (unpaired) electrons. The van der Waals surface area contributed by atoms with Crippen molar-refractivity contribution >= 4 is 17.7 Å². The minimum atomic E-state index is -0.577. The zero-order valence-electron chi connectivity index (χ0n) is 21.3. The second-order valence-corrected chi connectivity index (χ2v) is 10.7. The number of nitrogens with two attached hydrogens (primary N) is 1. The number of carbonyl (C=O) groups excluding carboxylic acids is 3. The minimum absolute atomic E-state index is 0.0617. The Labute approximate surface area is 218 Å². The fourth-order valence-electron chi connectivity index (χ4n) is 6.04. The first-order valence-electron chi connectivity index (χ1n) is 13.3. The van der Waals surface area contributed by atoms with Gasteiger partial charge in [-0.2, -0.15) is 0 Å². The highest BCUT2D eigenvalue weighted by molar-refractivity contribution is 5.84. The molecule has 0 aromatic heterocycles. The number of hydrogen-bond acceptors (Lipinski definition) is 5. The molecule has 5 rings (SSSR count). The third-order valence-corrected chi connectivity index (χ3v) is 8.02. The molecule has 8 heteroatoms. The topological polar surface area (TPSA) is 105 Å². The molecule has 4 bridgehead atoms. The molecule has 196 valence electrons. The van der Waals surface area contributed by atoms with E-state index in [1.165, 1.54) is 0 Å². The Bertz CT molecular complexity index is 1160. The van der Waals surface area contributed by atoms with Crippen LogP contribution in [0.1, 0.15) is 36.8 Å². The Morgan fingerprint density at radius 1 is 1.03 bits per heavy atom. The summed E-state index contributed by atoms with van der Waals surface area (Å²) in [7, 11) is 0. The molecular formula is C29H36N4O4. The number of rotatable bonds is 3. The summed E-state index contributed by atoms with van der Waals surface area (Å²) >= 11 is 0. The van der Waals surface area contributed by atoms with E-state index in [1.54, 1.807) is 0 Å².